The minimum atomic E-state index is -0.235. The molecule has 0 radical (unpaired) electrons. The Hall–Kier alpha value is -0.930. The first-order valence-electron chi connectivity index (χ1n) is 4.81. The van der Waals surface area contributed by atoms with Gasteiger partial charge in [0.1, 0.15) is 0 Å². The van der Waals surface area contributed by atoms with Crippen LogP contribution in [0.15, 0.2) is 12.1 Å². The number of hydrogen-bond acceptors (Lipinski definition) is 3. The van der Waals surface area contributed by atoms with Crippen molar-refractivity contribution in [2.45, 2.75) is 18.3 Å². The lowest BCUT2D eigenvalue weighted by Gasteiger charge is -2.15. The van der Waals surface area contributed by atoms with Crippen LogP contribution in [0.2, 0.25) is 5.02 Å². The van der Waals surface area contributed by atoms with Crippen molar-refractivity contribution in [3.05, 3.63) is 22.7 Å². The molecule has 1 aliphatic rings. The Balaban J connectivity index is 2.45. The van der Waals surface area contributed by atoms with Crippen molar-refractivity contribution >= 4 is 11.6 Å². The van der Waals surface area contributed by atoms with Gasteiger partial charge < -0.3 is 14.9 Å². The number of hydrogen-bond donors (Lipinski definition) is 2. The smallest absolute Gasteiger partial charge is 0.161 e. The van der Waals surface area contributed by atoms with Gasteiger partial charge in [-0.05, 0) is 24.5 Å². The second-order valence-corrected chi connectivity index (χ2v) is 4.35. The van der Waals surface area contributed by atoms with Gasteiger partial charge in [-0.25, -0.2) is 0 Å². The number of halogens is 1. The summed E-state index contributed by atoms with van der Waals surface area (Å²) < 4.78 is 4.95. The number of methoxy groups -OCH3 is 1. The highest BCUT2D eigenvalue weighted by Crippen LogP contribution is 2.51. The van der Waals surface area contributed by atoms with Gasteiger partial charge >= 0.3 is 0 Å². The molecule has 0 unspecified atom stereocenters. The molecule has 82 valence electrons. The quantitative estimate of drug-likeness (QED) is 0.833. The third-order valence-electron chi connectivity index (χ3n) is 3.00. The Bertz CT molecular complexity index is 386. The maximum atomic E-state index is 9.64. The maximum absolute atomic E-state index is 9.64. The van der Waals surface area contributed by atoms with Crippen molar-refractivity contribution in [2.24, 2.45) is 0 Å². The predicted molar refractivity (Wildman–Crippen MR) is 57.7 cm³/mol. The third-order valence-corrected chi connectivity index (χ3v) is 3.31. The number of benzene rings is 1. The van der Waals surface area contributed by atoms with Crippen LogP contribution < -0.4 is 4.74 Å². The van der Waals surface area contributed by atoms with Crippen molar-refractivity contribution in [3.63, 3.8) is 0 Å². The molecule has 0 spiro atoms. The number of phenolic OH excluding ortho intramolecular Hbond substituents is 1. The van der Waals surface area contributed by atoms with E-state index in [-0.39, 0.29) is 17.8 Å². The van der Waals surface area contributed by atoms with Gasteiger partial charge in [-0.3, -0.25) is 0 Å². The zero-order chi connectivity index (χ0) is 11.1. The number of aliphatic hydroxyl groups is 1. The molecule has 15 heavy (non-hydrogen) atoms. The first-order chi connectivity index (χ1) is 7.13. The number of rotatable bonds is 3. The Labute approximate surface area is 93.3 Å². The van der Waals surface area contributed by atoms with Gasteiger partial charge in [0.25, 0.3) is 0 Å². The van der Waals surface area contributed by atoms with Gasteiger partial charge in [0.2, 0.25) is 0 Å². The molecule has 1 aromatic rings. The standard InChI is InChI=1S/C11H13ClO3/c1-15-10-5-8(12)7(4-9(10)14)11(6-13)2-3-11/h4-5,13-14H,2-3,6H2,1H3. The molecule has 4 heteroatoms. The summed E-state index contributed by atoms with van der Waals surface area (Å²) in [7, 11) is 1.48. The van der Waals surface area contributed by atoms with E-state index in [4.69, 9.17) is 16.3 Å². The molecule has 1 saturated carbocycles. The van der Waals surface area contributed by atoms with E-state index >= 15 is 0 Å². The Morgan fingerprint density at radius 3 is 2.60 bits per heavy atom. The van der Waals surface area contributed by atoms with E-state index in [9.17, 15) is 10.2 Å². The molecule has 1 fully saturated rings. The summed E-state index contributed by atoms with van der Waals surface area (Å²) in [5.74, 6) is 0.425. The van der Waals surface area contributed by atoms with Crippen LogP contribution in [0.4, 0.5) is 0 Å². The summed E-state index contributed by atoms with van der Waals surface area (Å²) in [5, 5.41) is 19.5. The van der Waals surface area contributed by atoms with Gasteiger partial charge in [-0.2, -0.15) is 0 Å². The van der Waals surface area contributed by atoms with Crippen LogP contribution in [0.25, 0.3) is 0 Å². The summed E-state index contributed by atoms with van der Waals surface area (Å²) in [6, 6.07) is 3.17. The van der Waals surface area contributed by atoms with Crippen molar-refractivity contribution in [1.82, 2.24) is 0 Å². The summed E-state index contributed by atoms with van der Waals surface area (Å²) in [5.41, 5.74) is 0.575. The average molecular weight is 229 g/mol. The molecule has 2 rings (SSSR count). The highest BCUT2D eigenvalue weighted by molar-refractivity contribution is 6.31. The first-order valence-corrected chi connectivity index (χ1v) is 5.18. The number of aromatic hydroxyl groups is 1. The summed E-state index contributed by atoms with van der Waals surface area (Å²) >= 11 is 6.08. The highest BCUT2D eigenvalue weighted by Gasteiger charge is 2.45. The fourth-order valence-electron chi connectivity index (χ4n) is 1.78. The summed E-state index contributed by atoms with van der Waals surface area (Å²) in [4.78, 5) is 0. The van der Waals surface area contributed by atoms with E-state index in [2.05, 4.69) is 0 Å². The molecule has 0 aliphatic heterocycles. The number of phenols is 1. The van der Waals surface area contributed by atoms with Crippen molar-refractivity contribution in [1.29, 1.82) is 0 Å². The van der Waals surface area contributed by atoms with E-state index in [1.807, 2.05) is 0 Å². The molecule has 0 atom stereocenters. The maximum Gasteiger partial charge on any atom is 0.161 e. The summed E-state index contributed by atoms with van der Waals surface area (Å²) in [6.07, 6.45) is 1.82. The largest absolute Gasteiger partial charge is 0.504 e. The van der Waals surface area contributed by atoms with Crippen molar-refractivity contribution in [3.8, 4) is 11.5 Å². The van der Waals surface area contributed by atoms with Gasteiger partial charge in [-0.1, -0.05) is 11.6 Å². The van der Waals surface area contributed by atoms with Gasteiger partial charge in [0.05, 0.1) is 13.7 Å². The van der Waals surface area contributed by atoms with Gasteiger partial charge in [-0.15, -0.1) is 0 Å². The molecular formula is C11H13ClO3. The highest BCUT2D eigenvalue weighted by atomic mass is 35.5. The molecule has 1 aromatic carbocycles. The average Bonchev–Trinajstić information content (AvgIpc) is 3.01. The summed E-state index contributed by atoms with van der Waals surface area (Å²) in [6.45, 7) is 0.0679. The lowest BCUT2D eigenvalue weighted by molar-refractivity contribution is 0.254. The molecule has 0 saturated heterocycles. The first kappa shape index (κ1) is 10.6. The molecule has 0 heterocycles. The van der Waals surface area contributed by atoms with E-state index in [1.165, 1.54) is 7.11 Å². The normalized spacial score (nSPS) is 17.5. The van der Waals surface area contributed by atoms with E-state index in [0.717, 1.165) is 18.4 Å². The van der Waals surface area contributed by atoms with Crippen LogP contribution in [-0.2, 0) is 5.41 Å². The van der Waals surface area contributed by atoms with E-state index < -0.39 is 0 Å². The van der Waals surface area contributed by atoms with Gasteiger partial charge in [0, 0.05) is 16.5 Å². The topological polar surface area (TPSA) is 49.7 Å². The molecule has 0 bridgehead atoms. The van der Waals surface area contributed by atoms with E-state index in [0.29, 0.717) is 10.8 Å². The zero-order valence-electron chi connectivity index (χ0n) is 8.46. The Morgan fingerprint density at radius 2 is 2.13 bits per heavy atom. The van der Waals surface area contributed by atoms with Crippen molar-refractivity contribution in [2.75, 3.05) is 13.7 Å². The number of ether oxygens (including phenoxy) is 1. The van der Waals surface area contributed by atoms with Crippen LogP contribution in [0.5, 0.6) is 11.5 Å². The van der Waals surface area contributed by atoms with Crippen LogP contribution in [0, 0.1) is 0 Å². The Morgan fingerprint density at radius 1 is 1.47 bits per heavy atom. The lowest BCUT2D eigenvalue weighted by atomic mass is 9.96. The second kappa shape index (κ2) is 3.58. The lowest BCUT2D eigenvalue weighted by Crippen LogP contribution is -2.12. The molecule has 2 N–H and O–H groups in total. The SMILES string of the molecule is COc1cc(Cl)c(C2(CO)CC2)cc1O. The van der Waals surface area contributed by atoms with Crippen LogP contribution in [0.3, 0.4) is 0 Å². The van der Waals surface area contributed by atoms with Crippen molar-refractivity contribution < 1.29 is 14.9 Å². The molecular weight excluding hydrogens is 216 g/mol. The second-order valence-electron chi connectivity index (χ2n) is 3.94. The fourth-order valence-corrected chi connectivity index (χ4v) is 2.13. The molecule has 3 nitrogen and oxygen atoms in total. The molecule has 0 amide bonds. The Kier molecular flexibility index (Phi) is 2.52. The zero-order valence-corrected chi connectivity index (χ0v) is 9.21. The number of aliphatic hydroxyl groups excluding tert-OH is 1. The van der Waals surface area contributed by atoms with E-state index in [1.54, 1.807) is 12.1 Å². The van der Waals surface area contributed by atoms with Crippen LogP contribution >= 0.6 is 11.6 Å². The minimum Gasteiger partial charge on any atom is -0.504 e. The predicted octanol–water partition coefficient (Wildman–Crippen LogP) is 2.08. The van der Waals surface area contributed by atoms with Crippen LogP contribution in [0.1, 0.15) is 18.4 Å². The molecule has 1 aliphatic carbocycles. The fraction of sp³-hybridized carbons (Fsp3) is 0.455. The monoisotopic (exact) mass is 228 g/mol. The third kappa shape index (κ3) is 1.66. The van der Waals surface area contributed by atoms with Gasteiger partial charge in [0.15, 0.2) is 11.5 Å². The minimum absolute atomic E-state index is 0.0663. The molecule has 0 aromatic heterocycles. The van der Waals surface area contributed by atoms with Crippen LogP contribution in [-0.4, -0.2) is 23.9 Å².